The first-order valence-electron chi connectivity index (χ1n) is 7.22. The maximum absolute atomic E-state index is 11.9. The Morgan fingerprint density at radius 1 is 1.38 bits per heavy atom. The number of rotatable bonds is 5. The van der Waals surface area contributed by atoms with Crippen molar-refractivity contribution in [1.82, 2.24) is 9.88 Å². The minimum Gasteiger partial charge on any atom is -0.395 e. The average Bonchev–Trinajstić information content (AvgIpc) is 3.18. The van der Waals surface area contributed by atoms with Gasteiger partial charge in [-0.05, 0) is 12.1 Å². The van der Waals surface area contributed by atoms with Crippen molar-refractivity contribution in [3.05, 3.63) is 64.0 Å². The number of hydrogen-bond acceptors (Lipinski definition) is 5. The molecule has 1 amide bonds. The van der Waals surface area contributed by atoms with Crippen LogP contribution in [0.1, 0.15) is 22.2 Å². The van der Waals surface area contributed by atoms with Gasteiger partial charge in [-0.1, -0.05) is 18.2 Å². The third-order valence-corrected chi connectivity index (χ3v) is 3.74. The highest BCUT2D eigenvalue weighted by molar-refractivity contribution is 5.91. The number of para-hydroxylation sites is 1. The number of aliphatic hydroxyl groups excluding tert-OH is 1. The molecule has 3 aromatic rings. The van der Waals surface area contributed by atoms with Crippen molar-refractivity contribution in [1.29, 1.82) is 0 Å². The molecule has 0 fully saturated rings. The number of carbonyl (C=O) groups is 1. The standard InChI is InChI=1S/C16H15N3O5/c1-18-9-11(10-4-2-3-5-12(10)18)13(20)8-17-16(21)14-6-7-15(24-14)19(22)23/h2-7,9,13,20H,8H2,1H3,(H,17,21). The van der Waals surface area contributed by atoms with E-state index in [4.69, 9.17) is 4.42 Å². The fraction of sp³-hybridized carbons (Fsp3) is 0.188. The Bertz CT molecular complexity index is 911. The molecule has 2 N–H and O–H groups in total. The highest BCUT2D eigenvalue weighted by atomic mass is 16.6. The van der Waals surface area contributed by atoms with Gasteiger partial charge in [0, 0.05) is 36.3 Å². The Balaban J connectivity index is 1.71. The minimum atomic E-state index is -0.912. The number of aliphatic hydroxyl groups is 1. The summed E-state index contributed by atoms with van der Waals surface area (Å²) in [5.41, 5.74) is 1.67. The second kappa shape index (κ2) is 6.17. The fourth-order valence-electron chi connectivity index (χ4n) is 2.57. The molecule has 0 radical (unpaired) electrons. The molecule has 2 aromatic heterocycles. The molecule has 8 heteroatoms. The number of amides is 1. The van der Waals surface area contributed by atoms with E-state index in [1.54, 1.807) is 6.20 Å². The first-order valence-corrected chi connectivity index (χ1v) is 7.22. The van der Waals surface area contributed by atoms with Crippen LogP contribution >= 0.6 is 0 Å². The third-order valence-electron chi connectivity index (χ3n) is 3.74. The molecule has 0 saturated heterocycles. The Labute approximate surface area is 136 Å². The van der Waals surface area contributed by atoms with Gasteiger partial charge in [-0.3, -0.25) is 14.9 Å². The molecule has 0 spiro atoms. The van der Waals surface area contributed by atoms with Crippen LogP contribution < -0.4 is 5.32 Å². The molecular weight excluding hydrogens is 314 g/mol. The van der Waals surface area contributed by atoms with Gasteiger partial charge in [0.15, 0.2) is 5.76 Å². The zero-order chi connectivity index (χ0) is 17.3. The van der Waals surface area contributed by atoms with E-state index in [1.165, 1.54) is 6.07 Å². The zero-order valence-electron chi connectivity index (χ0n) is 12.8. The second-order valence-corrected chi connectivity index (χ2v) is 5.33. The Hall–Kier alpha value is -3.13. The van der Waals surface area contributed by atoms with Gasteiger partial charge in [0.25, 0.3) is 5.91 Å². The number of nitrogens with zero attached hydrogens (tertiary/aromatic N) is 2. The van der Waals surface area contributed by atoms with Gasteiger partial charge in [-0.15, -0.1) is 0 Å². The monoisotopic (exact) mass is 329 g/mol. The van der Waals surface area contributed by atoms with Gasteiger partial charge in [0.2, 0.25) is 0 Å². The van der Waals surface area contributed by atoms with Crippen molar-refractivity contribution < 1.29 is 19.2 Å². The SMILES string of the molecule is Cn1cc(C(O)CNC(=O)c2ccc([N+](=O)[O-])o2)c2ccccc21. The molecule has 0 aliphatic carbocycles. The van der Waals surface area contributed by atoms with E-state index in [-0.39, 0.29) is 12.3 Å². The predicted molar refractivity (Wildman–Crippen MR) is 85.6 cm³/mol. The van der Waals surface area contributed by atoms with Crippen LogP contribution in [0.2, 0.25) is 0 Å². The summed E-state index contributed by atoms with van der Waals surface area (Å²) < 4.78 is 6.72. The topological polar surface area (TPSA) is 111 Å². The fourth-order valence-corrected chi connectivity index (χ4v) is 2.57. The summed E-state index contributed by atoms with van der Waals surface area (Å²) in [5, 5.41) is 24.3. The molecule has 0 bridgehead atoms. The van der Waals surface area contributed by atoms with Crippen LogP contribution in [0.25, 0.3) is 10.9 Å². The first-order chi connectivity index (χ1) is 11.5. The van der Waals surface area contributed by atoms with Gasteiger partial charge in [0.05, 0.1) is 12.2 Å². The number of hydrogen-bond donors (Lipinski definition) is 2. The lowest BCUT2D eigenvalue weighted by molar-refractivity contribution is -0.402. The lowest BCUT2D eigenvalue weighted by Gasteiger charge is -2.10. The van der Waals surface area contributed by atoms with Gasteiger partial charge in [-0.2, -0.15) is 0 Å². The average molecular weight is 329 g/mol. The van der Waals surface area contributed by atoms with Crippen LogP contribution in [0, 0.1) is 10.1 Å². The number of aromatic nitrogens is 1. The van der Waals surface area contributed by atoms with E-state index in [1.807, 2.05) is 35.9 Å². The molecule has 124 valence electrons. The van der Waals surface area contributed by atoms with E-state index >= 15 is 0 Å². The van der Waals surface area contributed by atoms with E-state index in [0.717, 1.165) is 17.0 Å². The lowest BCUT2D eigenvalue weighted by atomic mass is 10.1. The van der Waals surface area contributed by atoms with Crippen LogP contribution in [0.3, 0.4) is 0 Å². The maximum Gasteiger partial charge on any atom is 0.433 e. The summed E-state index contributed by atoms with van der Waals surface area (Å²) in [6.07, 6.45) is 0.893. The highest BCUT2D eigenvalue weighted by Gasteiger charge is 2.19. The molecule has 3 rings (SSSR count). The minimum absolute atomic E-state index is 0.0403. The molecule has 0 aliphatic rings. The van der Waals surface area contributed by atoms with E-state index in [0.29, 0.717) is 5.56 Å². The van der Waals surface area contributed by atoms with Crippen molar-refractivity contribution in [3.63, 3.8) is 0 Å². The van der Waals surface area contributed by atoms with Gasteiger partial charge in [0.1, 0.15) is 4.92 Å². The number of fused-ring (bicyclic) bond motifs is 1. The number of benzene rings is 1. The van der Waals surface area contributed by atoms with Gasteiger partial charge in [-0.25, -0.2) is 0 Å². The smallest absolute Gasteiger partial charge is 0.395 e. The lowest BCUT2D eigenvalue weighted by Crippen LogP contribution is -2.28. The van der Waals surface area contributed by atoms with E-state index in [9.17, 15) is 20.0 Å². The number of furan rings is 1. The molecule has 1 aromatic carbocycles. The summed E-state index contributed by atoms with van der Waals surface area (Å²) in [7, 11) is 1.87. The van der Waals surface area contributed by atoms with Crippen LogP contribution in [-0.4, -0.2) is 27.0 Å². The van der Waals surface area contributed by atoms with Crippen molar-refractivity contribution in [2.45, 2.75) is 6.10 Å². The molecule has 0 saturated carbocycles. The van der Waals surface area contributed by atoms with Crippen molar-refractivity contribution in [2.75, 3.05) is 6.54 Å². The molecule has 2 heterocycles. The zero-order valence-corrected chi connectivity index (χ0v) is 12.8. The van der Waals surface area contributed by atoms with Crippen LogP contribution in [-0.2, 0) is 7.05 Å². The quantitative estimate of drug-likeness (QED) is 0.550. The Morgan fingerprint density at radius 3 is 2.83 bits per heavy atom. The molecular formula is C16H15N3O5. The summed E-state index contributed by atoms with van der Waals surface area (Å²) in [6, 6.07) is 9.94. The molecule has 1 atom stereocenters. The molecule has 24 heavy (non-hydrogen) atoms. The van der Waals surface area contributed by atoms with Gasteiger partial charge >= 0.3 is 5.88 Å². The Morgan fingerprint density at radius 2 is 2.12 bits per heavy atom. The number of aryl methyl sites for hydroxylation is 1. The van der Waals surface area contributed by atoms with Crippen LogP contribution in [0.5, 0.6) is 0 Å². The highest BCUT2D eigenvalue weighted by Crippen LogP contribution is 2.25. The van der Waals surface area contributed by atoms with Crippen LogP contribution in [0.4, 0.5) is 5.88 Å². The van der Waals surface area contributed by atoms with Crippen molar-refractivity contribution in [3.8, 4) is 0 Å². The molecule has 0 aliphatic heterocycles. The molecule has 8 nitrogen and oxygen atoms in total. The van der Waals surface area contributed by atoms with Crippen molar-refractivity contribution in [2.24, 2.45) is 7.05 Å². The largest absolute Gasteiger partial charge is 0.433 e. The summed E-state index contributed by atoms with van der Waals surface area (Å²) in [5.74, 6) is -1.30. The second-order valence-electron chi connectivity index (χ2n) is 5.33. The summed E-state index contributed by atoms with van der Waals surface area (Å²) in [4.78, 5) is 21.8. The normalized spacial score (nSPS) is 12.2. The maximum atomic E-state index is 11.9. The summed E-state index contributed by atoms with van der Waals surface area (Å²) >= 11 is 0. The number of carbonyl (C=O) groups excluding carboxylic acids is 1. The van der Waals surface area contributed by atoms with E-state index < -0.39 is 22.8 Å². The van der Waals surface area contributed by atoms with Crippen molar-refractivity contribution >= 4 is 22.7 Å². The van der Waals surface area contributed by atoms with Crippen LogP contribution in [0.15, 0.2) is 47.0 Å². The Kier molecular flexibility index (Phi) is 4.05. The first kappa shape index (κ1) is 15.8. The summed E-state index contributed by atoms with van der Waals surface area (Å²) in [6.45, 7) is -0.0403. The van der Waals surface area contributed by atoms with E-state index in [2.05, 4.69) is 5.32 Å². The molecule has 1 unspecified atom stereocenters. The predicted octanol–water partition coefficient (Wildman–Crippen LogP) is 2.14. The third kappa shape index (κ3) is 2.86. The number of nitro groups is 1. The van der Waals surface area contributed by atoms with Gasteiger partial charge < -0.3 is 19.4 Å². The number of nitrogens with one attached hydrogen (secondary N) is 1.